The molecule has 0 spiro atoms. The van der Waals surface area contributed by atoms with E-state index in [2.05, 4.69) is 23.3 Å². The van der Waals surface area contributed by atoms with Crippen molar-refractivity contribution in [3.05, 3.63) is 29.8 Å². The molecule has 0 aliphatic carbocycles. The average Bonchev–Trinajstić information content (AvgIpc) is 2.30. The van der Waals surface area contributed by atoms with Gasteiger partial charge in [-0.1, -0.05) is 12.1 Å². The minimum Gasteiger partial charge on any atom is -0.497 e. The third-order valence-electron chi connectivity index (χ3n) is 2.63. The smallest absolute Gasteiger partial charge is 0.118 e. The molecular formula is C12H15NO. The van der Waals surface area contributed by atoms with E-state index in [4.69, 9.17) is 4.74 Å². The Morgan fingerprint density at radius 1 is 1.29 bits per heavy atom. The highest BCUT2D eigenvalue weighted by atomic mass is 16.5. The summed E-state index contributed by atoms with van der Waals surface area (Å²) in [5.74, 6) is 1.43. The lowest BCUT2D eigenvalue weighted by atomic mass is 9.94. The van der Waals surface area contributed by atoms with E-state index in [9.17, 15) is 0 Å². The standard InChI is InChI=1S/C12H15NO/c1-14-12-6-4-10(5-7-12)11-3-2-8-13-9-11/h4-7,9,11H,2-3,8H2,1H3. The number of benzene rings is 1. The van der Waals surface area contributed by atoms with Crippen LogP contribution in [0.15, 0.2) is 29.3 Å². The molecule has 0 bridgehead atoms. The summed E-state index contributed by atoms with van der Waals surface area (Å²) in [4.78, 5) is 4.32. The van der Waals surface area contributed by atoms with Gasteiger partial charge in [-0.05, 0) is 30.5 Å². The van der Waals surface area contributed by atoms with Crippen molar-refractivity contribution in [1.29, 1.82) is 0 Å². The largest absolute Gasteiger partial charge is 0.497 e. The highest BCUT2D eigenvalue weighted by Crippen LogP contribution is 2.24. The molecule has 0 radical (unpaired) electrons. The highest BCUT2D eigenvalue weighted by molar-refractivity contribution is 5.68. The third-order valence-corrected chi connectivity index (χ3v) is 2.63. The summed E-state index contributed by atoms with van der Waals surface area (Å²) in [6, 6.07) is 8.28. The van der Waals surface area contributed by atoms with Crippen LogP contribution in [0.5, 0.6) is 5.75 Å². The molecule has 0 fully saturated rings. The maximum atomic E-state index is 5.12. The lowest BCUT2D eigenvalue weighted by Gasteiger charge is -2.15. The molecule has 0 aromatic heterocycles. The van der Waals surface area contributed by atoms with E-state index in [-0.39, 0.29) is 0 Å². The monoisotopic (exact) mass is 189 g/mol. The summed E-state index contributed by atoms with van der Waals surface area (Å²) in [5, 5.41) is 0. The molecule has 0 N–H and O–H groups in total. The van der Waals surface area contributed by atoms with Gasteiger partial charge in [-0.15, -0.1) is 0 Å². The topological polar surface area (TPSA) is 21.6 Å². The Morgan fingerprint density at radius 3 is 2.64 bits per heavy atom. The van der Waals surface area contributed by atoms with Gasteiger partial charge in [-0.2, -0.15) is 0 Å². The van der Waals surface area contributed by atoms with Gasteiger partial charge in [0, 0.05) is 18.7 Å². The molecule has 14 heavy (non-hydrogen) atoms. The molecule has 0 amide bonds. The van der Waals surface area contributed by atoms with E-state index in [1.165, 1.54) is 18.4 Å². The van der Waals surface area contributed by atoms with Gasteiger partial charge in [0.25, 0.3) is 0 Å². The van der Waals surface area contributed by atoms with Crippen LogP contribution in [-0.2, 0) is 0 Å². The molecule has 1 aliphatic rings. The summed E-state index contributed by atoms with van der Waals surface area (Å²) in [5.41, 5.74) is 1.34. The molecule has 1 aromatic carbocycles. The first-order valence-corrected chi connectivity index (χ1v) is 5.04. The van der Waals surface area contributed by atoms with Crippen LogP contribution in [0.2, 0.25) is 0 Å². The summed E-state index contributed by atoms with van der Waals surface area (Å²) < 4.78 is 5.12. The summed E-state index contributed by atoms with van der Waals surface area (Å²) >= 11 is 0. The van der Waals surface area contributed by atoms with Crippen LogP contribution in [0.1, 0.15) is 24.3 Å². The normalized spacial score (nSPS) is 20.8. The minimum atomic E-state index is 0.509. The van der Waals surface area contributed by atoms with Gasteiger partial charge in [-0.3, -0.25) is 4.99 Å². The van der Waals surface area contributed by atoms with Gasteiger partial charge >= 0.3 is 0 Å². The fraction of sp³-hybridized carbons (Fsp3) is 0.417. The number of nitrogens with zero attached hydrogens (tertiary/aromatic N) is 1. The van der Waals surface area contributed by atoms with Crippen LogP contribution in [0.25, 0.3) is 0 Å². The summed E-state index contributed by atoms with van der Waals surface area (Å²) in [7, 11) is 1.69. The van der Waals surface area contributed by atoms with Crippen molar-refractivity contribution in [3.63, 3.8) is 0 Å². The van der Waals surface area contributed by atoms with Crippen LogP contribution in [0.3, 0.4) is 0 Å². The Balaban J connectivity index is 2.15. The molecule has 0 saturated heterocycles. The van der Waals surface area contributed by atoms with Crippen molar-refractivity contribution in [2.24, 2.45) is 4.99 Å². The lowest BCUT2D eigenvalue weighted by Crippen LogP contribution is -2.06. The lowest BCUT2D eigenvalue weighted by molar-refractivity contribution is 0.414. The van der Waals surface area contributed by atoms with E-state index in [0.29, 0.717) is 5.92 Å². The molecule has 2 nitrogen and oxygen atoms in total. The Morgan fingerprint density at radius 2 is 2.07 bits per heavy atom. The zero-order valence-corrected chi connectivity index (χ0v) is 8.44. The average molecular weight is 189 g/mol. The van der Waals surface area contributed by atoms with Crippen molar-refractivity contribution >= 4 is 6.21 Å². The first-order valence-electron chi connectivity index (χ1n) is 5.04. The van der Waals surface area contributed by atoms with Crippen molar-refractivity contribution in [3.8, 4) is 5.75 Å². The first-order chi connectivity index (χ1) is 6.90. The second-order valence-corrected chi connectivity index (χ2v) is 3.58. The Bertz CT molecular complexity index is 316. The quantitative estimate of drug-likeness (QED) is 0.700. The van der Waals surface area contributed by atoms with E-state index < -0.39 is 0 Å². The maximum absolute atomic E-state index is 5.12. The second kappa shape index (κ2) is 4.27. The van der Waals surface area contributed by atoms with Crippen LogP contribution in [0, 0.1) is 0 Å². The minimum absolute atomic E-state index is 0.509. The van der Waals surface area contributed by atoms with E-state index in [1.54, 1.807) is 7.11 Å². The van der Waals surface area contributed by atoms with Gasteiger partial charge < -0.3 is 4.74 Å². The third kappa shape index (κ3) is 1.95. The molecule has 74 valence electrons. The molecule has 2 heteroatoms. The number of hydrogen-bond acceptors (Lipinski definition) is 2. The van der Waals surface area contributed by atoms with Gasteiger partial charge in [0.1, 0.15) is 5.75 Å². The number of rotatable bonds is 2. The van der Waals surface area contributed by atoms with Crippen molar-refractivity contribution in [2.75, 3.05) is 13.7 Å². The number of hydrogen-bond donors (Lipinski definition) is 0. The Kier molecular flexibility index (Phi) is 2.82. The van der Waals surface area contributed by atoms with Gasteiger partial charge in [0.15, 0.2) is 0 Å². The zero-order valence-electron chi connectivity index (χ0n) is 8.44. The predicted octanol–water partition coefficient (Wildman–Crippen LogP) is 2.64. The predicted molar refractivity (Wildman–Crippen MR) is 58.3 cm³/mol. The van der Waals surface area contributed by atoms with Crippen molar-refractivity contribution in [1.82, 2.24) is 0 Å². The van der Waals surface area contributed by atoms with Crippen LogP contribution >= 0.6 is 0 Å². The molecule has 1 atom stereocenters. The van der Waals surface area contributed by atoms with E-state index in [0.717, 1.165) is 12.3 Å². The number of aliphatic imine (C=N–C) groups is 1. The van der Waals surface area contributed by atoms with Crippen LogP contribution in [-0.4, -0.2) is 19.9 Å². The second-order valence-electron chi connectivity index (χ2n) is 3.58. The van der Waals surface area contributed by atoms with Crippen molar-refractivity contribution in [2.45, 2.75) is 18.8 Å². The molecular weight excluding hydrogens is 174 g/mol. The van der Waals surface area contributed by atoms with Crippen LogP contribution in [0.4, 0.5) is 0 Å². The highest BCUT2D eigenvalue weighted by Gasteiger charge is 2.11. The molecule has 2 rings (SSSR count). The van der Waals surface area contributed by atoms with Gasteiger partial charge in [0.05, 0.1) is 7.11 Å². The SMILES string of the molecule is COc1ccc(C2C=NCCC2)cc1. The molecule has 1 heterocycles. The molecule has 0 saturated carbocycles. The van der Waals surface area contributed by atoms with Gasteiger partial charge in [-0.25, -0.2) is 0 Å². The maximum Gasteiger partial charge on any atom is 0.118 e. The van der Waals surface area contributed by atoms with E-state index >= 15 is 0 Å². The Labute approximate surface area is 84.6 Å². The number of ether oxygens (including phenoxy) is 1. The van der Waals surface area contributed by atoms with E-state index in [1.807, 2.05) is 12.1 Å². The molecule has 1 aliphatic heterocycles. The first kappa shape index (κ1) is 9.25. The van der Waals surface area contributed by atoms with Crippen LogP contribution < -0.4 is 4.74 Å². The van der Waals surface area contributed by atoms with Gasteiger partial charge in [0.2, 0.25) is 0 Å². The summed E-state index contributed by atoms with van der Waals surface area (Å²) in [6.07, 6.45) is 4.49. The number of methoxy groups -OCH3 is 1. The molecule has 1 aromatic rings. The fourth-order valence-corrected chi connectivity index (χ4v) is 1.78. The Hall–Kier alpha value is -1.31. The zero-order chi connectivity index (χ0) is 9.80. The summed E-state index contributed by atoms with van der Waals surface area (Å²) in [6.45, 7) is 0.993. The van der Waals surface area contributed by atoms with Crippen molar-refractivity contribution < 1.29 is 4.74 Å². The fourth-order valence-electron chi connectivity index (χ4n) is 1.78. The molecule has 1 unspecified atom stereocenters.